The van der Waals surface area contributed by atoms with Crippen LogP contribution in [0, 0.1) is 5.92 Å². The minimum absolute atomic E-state index is 0.102. The third-order valence-corrected chi connectivity index (χ3v) is 2.20. The van der Waals surface area contributed by atoms with Gasteiger partial charge in [-0.1, -0.05) is 20.8 Å². The van der Waals surface area contributed by atoms with E-state index < -0.39 is 0 Å². The number of ether oxygens (including phenoxy) is 2. The lowest BCUT2D eigenvalue weighted by atomic mass is 10.2. The standard InChI is InChI=1S/C14H20O3/c1-4-12(15)10-17-14-7-5-13(6-8-14)16-9-11(2)3/h5-8,11H,4,9-10H2,1-3H3. The SMILES string of the molecule is CCC(=O)COc1ccc(OCC(C)C)cc1. The van der Waals surface area contributed by atoms with E-state index in [1.54, 1.807) is 0 Å². The van der Waals surface area contributed by atoms with Gasteiger partial charge in [0, 0.05) is 6.42 Å². The van der Waals surface area contributed by atoms with Crippen molar-refractivity contribution >= 4 is 5.78 Å². The van der Waals surface area contributed by atoms with Crippen molar-refractivity contribution in [1.82, 2.24) is 0 Å². The molecule has 0 bridgehead atoms. The van der Waals surface area contributed by atoms with Crippen LogP contribution < -0.4 is 9.47 Å². The molecule has 1 aromatic carbocycles. The van der Waals surface area contributed by atoms with Gasteiger partial charge in [0.2, 0.25) is 0 Å². The molecule has 0 radical (unpaired) electrons. The predicted molar refractivity (Wildman–Crippen MR) is 67.6 cm³/mol. The van der Waals surface area contributed by atoms with E-state index in [0.29, 0.717) is 24.7 Å². The normalized spacial score (nSPS) is 10.4. The van der Waals surface area contributed by atoms with Crippen molar-refractivity contribution in [1.29, 1.82) is 0 Å². The summed E-state index contributed by atoms with van der Waals surface area (Å²) in [7, 11) is 0. The molecule has 0 aromatic heterocycles. The first-order chi connectivity index (χ1) is 8.11. The third kappa shape index (κ3) is 5.38. The zero-order valence-corrected chi connectivity index (χ0v) is 10.7. The predicted octanol–water partition coefficient (Wildman–Crippen LogP) is 3.08. The monoisotopic (exact) mass is 236 g/mol. The average Bonchev–Trinajstić information content (AvgIpc) is 2.34. The van der Waals surface area contributed by atoms with E-state index >= 15 is 0 Å². The van der Waals surface area contributed by atoms with Crippen LogP contribution in [0.1, 0.15) is 27.2 Å². The summed E-state index contributed by atoms with van der Waals surface area (Å²) >= 11 is 0. The van der Waals surface area contributed by atoms with Gasteiger partial charge >= 0.3 is 0 Å². The highest BCUT2D eigenvalue weighted by atomic mass is 16.5. The molecule has 1 rings (SSSR count). The Hall–Kier alpha value is -1.51. The quantitative estimate of drug-likeness (QED) is 0.729. The first-order valence-corrected chi connectivity index (χ1v) is 5.99. The van der Waals surface area contributed by atoms with Crippen LogP contribution in [0.4, 0.5) is 0 Å². The maximum absolute atomic E-state index is 11.1. The van der Waals surface area contributed by atoms with Crippen molar-refractivity contribution in [2.45, 2.75) is 27.2 Å². The number of ketones is 1. The molecule has 0 aliphatic carbocycles. The van der Waals surface area contributed by atoms with E-state index in [1.165, 1.54) is 0 Å². The largest absolute Gasteiger partial charge is 0.493 e. The summed E-state index contributed by atoms with van der Waals surface area (Å²) in [6.45, 7) is 6.88. The van der Waals surface area contributed by atoms with Crippen LogP contribution in [0.25, 0.3) is 0 Å². The van der Waals surface area contributed by atoms with E-state index in [2.05, 4.69) is 13.8 Å². The van der Waals surface area contributed by atoms with Crippen molar-refractivity contribution in [3.8, 4) is 11.5 Å². The second kappa shape index (κ2) is 6.94. The molecule has 0 saturated heterocycles. The number of hydrogen-bond acceptors (Lipinski definition) is 3. The lowest BCUT2D eigenvalue weighted by Gasteiger charge is -2.09. The summed E-state index contributed by atoms with van der Waals surface area (Å²) in [6, 6.07) is 7.35. The number of carbonyl (C=O) groups is 1. The molecule has 94 valence electrons. The molecule has 1 aromatic rings. The molecule has 0 spiro atoms. The highest BCUT2D eigenvalue weighted by Crippen LogP contribution is 2.18. The molecule has 0 fully saturated rings. The lowest BCUT2D eigenvalue weighted by Crippen LogP contribution is -2.09. The zero-order valence-electron chi connectivity index (χ0n) is 10.7. The summed E-state index contributed by atoms with van der Waals surface area (Å²) in [6.07, 6.45) is 0.510. The van der Waals surface area contributed by atoms with Crippen LogP contribution in [0.3, 0.4) is 0 Å². The molecule has 0 unspecified atom stereocenters. The van der Waals surface area contributed by atoms with Crippen molar-refractivity contribution in [2.75, 3.05) is 13.2 Å². The fourth-order valence-electron chi connectivity index (χ4n) is 1.16. The van der Waals surface area contributed by atoms with Crippen molar-refractivity contribution in [3.05, 3.63) is 24.3 Å². The van der Waals surface area contributed by atoms with E-state index in [0.717, 1.165) is 5.75 Å². The van der Waals surface area contributed by atoms with E-state index in [1.807, 2.05) is 31.2 Å². The first kappa shape index (κ1) is 13.6. The van der Waals surface area contributed by atoms with Crippen LogP contribution in [0.5, 0.6) is 11.5 Å². The smallest absolute Gasteiger partial charge is 0.169 e. The number of carbonyl (C=O) groups excluding carboxylic acids is 1. The summed E-state index contributed by atoms with van der Waals surface area (Å²) in [5.41, 5.74) is 0. The maximum Gasteiger partial charge on any atom is 0.169 e. The summed E-state index contributed by atoms with van der Waals surface area (Å²) < 4.78 is 10.9. The van der Waals surface area contributed by atoms with Gasteiger partial charge in [-0.25, -0.2) is 0 Å². The molecule has 17 heavy (non-hydrogen) atoms. The van der Waals surface area contributed by atoms with Gasteiger partial charge in [-0.15, -0.1) is 0 Å². The first-order valence-electron chi connectivity index (χ1n) is 5.99. The van der Waals surface area contributed by atoms with Gasteiger partial charge in [-0.2, -0.15) is 0 Å². The molecule has 0 amide bonds. The second-order valence-corrected chi connectivity index (χ2v) is 4.36. The van der Waals surface area contributed by atoms with Gasteiger partial charge in [0.25, 0.3) is 0 Å². The number of hydrogen-bond donors (Lipinski definition) is 0. The van der Waals surface area contributed by atoms with Crippen LogP contribution in [0.15, 0.2) is 24.3 Å². The third-order valence-electron chi connectivity index (χ3n) is 2.20. The average molecular weight is 236 g/mol. The number of Topliss-reactive ketones (excluding diaryl/α,β-unsaturated/α-hetero) is 1. The molecular formula is C14H20O3. The Morgan fingerprint density at radius 2 is 1.65 bits per heavy atom. The van der Waals surface area contributed by atoms with Gasteiger partial charge in [0.05, 0.1) is 6.61 Å². The van der Waals surface area contributed by atoms with Crippen LogP contribution in [-0.4, -0.2) is 19.0 Å². The number of benzene rings is 1. The molecule has 3 heteroatoms. The summed E-state index contributed by atoms with van der Waals surface area (Å²) in [5, 5.41) is 0. The molecule has 0 saturated carbocycles. The van der Waals surface area contributed by atoms with Gasteiger partial charge in [0.1, 0.15) is 18.1 Å². The zero-order chi connectivity index (χ0) is 12.7. The molecule has 0 atom stereocenters. The molecule has 0 heterocycles. The van der Waals surface area contributed by atoms with Gasteiger partial charge in [0.15, 0.2) is 5.78 Å². The fourth-order valence-corrected chi connectivity index (χ4v) is 1.16. The molecule has 0 N–H and O–H groups in total. The highest BCUT2D eigenvalue weighted by molar-refractivity contribution is 5.79. The van der Waals surface area contributed by atoms with Gasteiger partial charge in [-0.3, -0.25) is 4.79 Å². The van der Waals surface area contributed by atoms with Gasteiger partial charge in [-0.05, 0) is 30.2 Å². The van der Waals surface area contributed by atoms with Crippen molar-refractivity contribution in [2.24, 2.45) is 5.92 Å². The Balaban J connectivity index is 2.42. The molecule has 0 aliphatic heterocycles. The Morgan fingerprint density at radius 1 is 1.12 bits per heavy atom. The van der Waals surface area contributed by atoms with Crippen LogP contribution in [0.2, 0.25) is 0 Å². The van der Waals surface area contributed by atoms with Gasteiger partial charge < -0.3 is 9.47 Å². The number of rotatable bonds is 7. The minimum Gasteiger partial charge on any atom is -0.493 e. The Morgan fingerprint density at radius 3 is 2.12 bits per heavy atom. The van der Waals surface area contributed by atoms with E-state index in [-0.39, 0.29) is 12.4 Å². The fraction of sp³-hybridized carbons (Fsp3) is 0.500. The second-order valence-electron chi connectivity index (χ2n) is 4.36. The highest BCUT2D eigenvalue weighted by Gasteiger charge is 2.01. The van der Waals surface area contributed by atoms with Crippen LogP contribution in [-0.2, 0) is 4.79 Å². The van der Waals surface area contributed by atoms with Crippen LogP contribution >= 0.6 is 0 Å². The molecule has 0 aliphatic rings. The van der Waals surface area contributed by atoms with E-state index in [9.17, 15) is 4.79 Å². The Labute approximate surface area is 103 Å². The molecule has 3 nitrogen and oxygen atoms in total. The molecular weight excluding hydrogens is 216 g/mol. The Kier molecular flexibility index (Phi) is 5.53. The minimum atomic E-state index is 0.102. The summed E-state index contributed by atoms with van der Waals surface area (Å²) in [5.74, 6) is 2.13. The van der Waals surface area contributed by atoms with Crippen molar-refractivity contribution in [3.63, 3.8) is 0 Å². The van der Waals surface area contributed by atoms with E-state index in [4.69, 9.17) is 9.47 Å². The maximum atomic E-state index is 11.1. The lowest BCUT2D eigenvalue weighted by molar-refractivity contribution is -0.120. The summed E-state index contributed by atoms with van der Waals surface area (Å²) in [4.78, 5) is 11.1. The van der Waals surface area contributed by atoms with Crippen molar-refractivity contribution < 1.29 is 14.3 Å². The Bertz CT molecular complexity index is 341. The topological polar surface area (TPSA) is 35.5 Å².